The van der Waals surface area contributed by atoms with E-state index in [4.69, 9.17) is 0 Å². The van der Waals surface area contributed by atoms with E-state index in [1.165, 1.54) is 19.3 Å². The summed E-state index contributed by atoms with van der Waals surface area (Å²) in [6, 6.07) is 0.634. The van der Waals surface area contributed by atoms with Gasteiger partial charge in [-0.3, -0.25) is 4.90 Å². The molecule has 1 rings (SSSR count). The van der Waals surface area contributed by atoms with Crippen molar-refractivity contribution in [3.05, 3.63) is 0 Å². The largest absolute Gasteiger partial charge is 0.392 e. The van der Waals surface area contributed by atoms with Crippen molar-refractivity contribution in [2.75, 3.05) is 26.7 Å². The minimum absolute atomic E-state index is 0.146. The van der Waals surface area contributed by atoms with Crippen LogP contribution in [0.2, 0.25) is 0 Å². The first-order valence-corrected chi connectivity index (χ1v) is 5.84. The van der Waals surface area contributed by atoms with E-state index in [1.54, 1.807) is 0 Å². The fraction of sp³-hybridized carbons (Fsp3) is 1.00. The van der Waals surface area contributed by atoms with Crippen LogP contribution in [-0.4, -0.2) is 48.8 Å². The van der Waals surface area contributed by atoms with Gasteiger partial charge in [-0.2, -0.15) is 0 Å². The average molecular weight is 200 g/mol. The fourth-order valence-corrected chi connectivity index (χ4v) is 2.17. The summed E-state index contributed by atoms with van der Waals surface area (Å²) in [4.78, 5) is 2.44. The summed E-state index contributed by atoms with van der Waals surface area (Å²) >= 11 is 0. The number of rotatable bonds is 5. The van der Waals surface area contributed by atoms with E-state index in [1.807, 2.05) is 14.0 Å². The highest BCUT2D eigenvalue weighted by Gasteiger charge is 2.22. The Morgan fingerprint density at radius 1 is 1.50 bits per heavy atom. The SMILES string of the molecule is CCC(O)CN1CCCCC1CNC. The van der Waals surface area contributed by atoms with Crippen LogP contribution in [0.25, 0.3) is 0 Å². The van der Waals surface area contributed by atoms with Crippen molar-refractivity contribution in [1.82, 2.24) is 10.2 Å². The number of β-amino-alcohol motifs (C(OH)–C–C–N with tert-alkyl or cyclic N) is 1. The third kappa shape index (κ3) is 3.56. The summed E-state index contributed by atoms with van der Waals surface area (Å²) < 4.78 is 0. The molecule has 2 unspecified atom stereocenters. The van der Waals surface area contributed by atoms with Crippen molar-refractivity contribution in [3.8, 4) is 0 Å². The van der Waals surface area contributed by atoms with Gasteiger partial charge in [0.15, 0.2) is 0 Å². The van der Waals surface area contributed by atoms with E-state index in [-0.39, 0.29) is 6.10 Å². The Morgan fingerprint density at radius 3 is 2.93 bits per heavy atom. The summed E-state index contributed by atoms with van der Waals surface area (Å²) in [5.41, 5.74) is 0. The van der Waals surface area contributed by atoms with Crippen LogP contribution in [0.15, 0.2) is 0 Å². The molecule has 3 heteroatoms. The molecular formula is C11H24N2O. The number of nitrogens with zero attached hydrogens (tertiary/aromatic N) is 1. The van der Waals surface area contributed by atoms with Gasteiger partial charge < -0.3 is 10.4 Å². The van der Waals surface area contributed by atoms with Crippen LogP contribution in [0.1, 0.15) is 32.6 Å². The first-order valence-electron chi connectivity index (χ1n) is 5.84. The van der Waals surface area contributed by atoms with E-state index < -0.39 is 0 Å². The predicted molar refractivity (Wildman–Crippen MR) is 59.4 cm³/mol. The molecule has 0 aromatic carbocycles. The highest BCUT2D eigenvalue weighted by atomic mass is 16.3. The Hall–Kier alpha value is -0.120. The van der Waals surface area contributed by atoms with E-state index in [2.05, 4.69) is 10.2 Å². The third-order valence-electron chi connectivity index (χ3n) is 3.11. The number of aliphatic hydroxyl groups excluding tert-OH is 1. The molecule has 1 aliphatic heterocycles. The van der Waals surface area contributed by atoms with Crippen LogP contribution in [0.4, 0.5) is 0 Å². The summed E-state index contributed by atoms with van der Waals surface area (Å²) in [5, 5.41) is 12.9. The van der Waals surface area contributed by atoms with E-state index >= 15 is 0 Å². The summed E-state index contributed by atoms with van der Waals surface area (Å²) in [5.74, 6) is 0. The number of likely N-dealkylation sites (N-methyl/N-ethyl adjacent to an activating group) is 1. The summed E-state index contributed by atoms with van der Waals surface area (Å²) in [6.45, 7) is 5.10. The number of hydrogen-bond acceptors (Lipinski definition) is 3. The van der Waals surface area contributed by atoms with E-state index in [0.29, 0.717) is 6.04 Å². The van der Waals surface area contributed by atoms with Crippen LogP contribution in [0.5, 0.6) is 0 Å². The molecule has 0 amide bonds. The Bertz CT molecular complexity index is 150. The molecule has 1 fully saturated rings. The number of hydrogen-bond donors (Lipinski definition) is 2. The third-order valence-corrected chi connectivity index (χ3v) is 3.11. The van der Waals surface area contributed by atoms with Gasteiger partial charge in [-0.15, -0.1) is 0 Å². The predicted octanol–water partition coefficient (Wildman–Crippen LogP) is 0.831. The van der Waals surface area contributed by atoms with Crippen molar-refractivity contribution in [2.45, 2.75) is 44.8 Å². The molecule has 1 heterocycles. The van der Waals surface area contributed by atoms with Crippen molar-refractivity contribution >= 4 is 0 Å². The Morgan fingerprint density at radius 2 is 2.29 bits per heavy atom. The van der Waals surface area contributed by atoms with Crippen molar-refractivity contribution in [2.24, 2.45) is 0 Å². The molecule has 0 saturated carbocycles. The molecule has 84 valence electrons. The highest BCUT2D eigenvalue weighted by Crippen LogP contribution is 2.16. The first-order chi connectivity index (χ1) is 6.77. The quantitative estimate of drug-likeness (QED) is 0.690. The molecule has 2 N–H and O–H groups in total. The van der Waals surface area contributed by atoms with Crippen molar-refractivity contribution < 1.29 is 5.11 Å². The van der Waals surface area contributed by atoms with Gasteiger partial charge in [-0.25, -0.2) is 0 Å². The molecule has 2 atom stereocenters. The van der Waals surface area contributed by atoms with Crippen LogP contribution in [-0.2, 0) is 0 Å². The van der Waals surface area contributed by atoms with Crippen LogP contribution >= 0.6 is 0 Å². The van der Waals surface area contributed by atoms with Crippen molar-refractivity contribution in [3.63, 3.8) is 0 Å². The molecule has 0 aliphatic carbocycles. The fourth-order valence-electron chi connectivity index (χ4n) is 2.17. The lowest BCUT2D eigenvalue weighted by atomic mass is 10.0. The molecule has 1 aliphatic rings. The van der Waals surface area contributed by atoms with Gasteiger partial charge in [0.05, 0.1) is 6.10 Å². The topological polar surface area (TPSA) is 35.5 Å². The lowest BCUT2D eigenvalue weighted by Crippen LogP contribution is -2.47. The Balaban J connectivity index is 2.37. The summed E-state index contributed by atoms with van der Waals surface area (Å²) in [7, 11) is 2.00. The second-order valence-corrected chi connectivity index (χ2v) is 4.26. The van der Waals surface area contributed by atoms with E-state index in [9.17, 15) is 5.11 Å². The molecule has 0 aromatic heterocycles. The van der Waals surface area contributed by atoms with Gasteiger partial charge >= 0.3 is 0 Å². The molecule has 14 heavy (non-hydrogen) atoms. The minimum Gasteiger partial charge on any atom is -0.392 e. The lowest BCUT2D eigenvalue weighted by molar-refractivity contribution is 0.0659. The van der Waals surface area contributed by atoms with Gasteiger partial charge in [0.25, 0.3) is 0 Å². The van der Waals surface area contributed by atoms with Gasteiger partial charge in [-0.1, -0.05) is 13.3 Å². The maximum atomic E-state index is 9.63. The van der Waals surface area contributed by atoms with Crippen LogP contribution in [0.3, 0.4) is 0 Å². The van der Waals surface area contributed by atoms with Gasteiger partial charge in [0.1, 0.15) is 0 Å². The first kappa shape index (κ1) is 12.0. The zero-order valence-corrected chi connectivity index (χ0v) is 9.50. The molecule has 1 saturated heterocycles. The van der Waals surface area contributed by atoms with Gasteiger partial charge in [-0.05, 0) is 32.9 Å². The zero-order valence-electron chi connectivity index (χ0n) is 9.50. The molecule has 0 spiro atoms. The average Bonchev–Trinajstić information content (AvgIpc) is 2.21. The second kappa shape index (κ2) is 6.38. The minimum atomic E-state index is -0.146. The maximum Gasteiger partial charge on any atom is 0.0664 e. The standard InChI is InChI=1S/C11H24N2O/c1-3-11(14)9-13-7-5-4-6-10(13)8-12-2/h10-12,14H,3-9H2,1-2H3. The van der Waals surface area contributed by atoms with Crippen LogP contribution in [0, 0.1) is 0 Å². The number of piperidine rings is 1. The van der Waals surface area contributed by atoms with Gasteiger partial charge in [0.2, 0.25) is 0 Å². The zero-order chi connectivity index (χ0) is 10.4. The molecule has 3 nitrogen and oxygen atoms in total. The molecular weight excluding hydrogens is 176 g/mol. The lowest BCUT2D eigenvalue weighted by Gasteiger charge is -2.36. The maximum absolute atomic E-state index is 9.63. The number of aliphatic hydroxyl groups is 1. The molecule has 0 aromatic rings. The van der Waals surface area contributed by atoms with Gasteiger partial charge in [0, 0.05) is 19.1 Å². The number of likely N-dealkylation sites (tertiary alicyclic amines) is 1. The highest BCUT2D eigenvalue weighted by molar-refractivity contribution is 4.79. The van der Waals surface area contributed by atoms with Crippen molar-refractivity contribution in [1.29, 1.82) is 0 Å². The normalized spacial score (nSPS) is 26.4. The monoisotopic (exact) mass is 200 g/mol. The summed E-state index contributed by atoms with van der Waals surface area (Å²) in [6.07, 6.45) is 4.62. The van der Waals surface area contributed by atoms with Crippen LogP contribution < -0.4 is 5.32 Å². The Kier molecular flexibility index (Phi) is 5.45. The Labute approximate surface area is 87.5 Å². The molecule has 0 radical (unpaired) electrons. The molecule has 0 bridgehead atoms. The smallest absolute Gasteiger partial charge is 0.0664 e. The van der Waals surface area contributed by atoms with E-state index in [0.717, 1.165) is 26.1 Å². The second-order valence-electron chi connectivity index (χ2n) is 4.26. The number of nitrogens with one attached hydrogen (secondary N) is 1.